The van der Waals surface area contributed by atoms with Crippen LogP contribution in [0.15, 0.2) is 29.2 Å². The Morgan fingerprint density at radius 3 is 2.50 bits per heavy atom. The van der Waals surface area contributed by atoms with Gasteiger partial charge in [0.05, 0.1) is 11.5 Å². The summed E-state index contributed by atoms with van der Waals surface area (Å²) in [6, 6.07) is 5.36. The zero-order chi connectivity index (χ0) is 12.2. The average molecular weight is 263 g/mol. The second kappa shape index (κ2) is 5.45. The third-order valence-electron chi connectivity index (χ3n) is 1.56. The molecule has 0 aliphatic rings. The summed E-state index contributed by atoms with van der Waals surface area (Å²) in [6.45, 7) is -1.96. The van der Waals surface area contributed by atoms with E-state index in [9.17, 15) is 19.6 Å². The lowest BCUT2D eigenvalue weighted by atomic mass is 10.3. The highest BCUT2D eigenvalue weighted by atomic mass is 32.7. The highest BCUT2D eigenvalue weighted by molar-refractivity contribution is 8.54. The van der Waals surface area contributed by atoms with Crippen LogP contribution in [0.3, 0.4) is 0 Å². The molecule has 88 valence electrons. The fourth-order valence-corrected chi connectivity index (χ4v) is 3.49. The van der Waals surface area contributed by atoms with Gasteiger partial charge in [0.25, 0.3) is 5.69 Å². The molecule has 16 heavy (non-hydrogen) atoms. The highest BCUT2D eigenvalue weighted by Crippen LogP contribution is 2.59. The number of benzene rings is 1. The van der Waals surface area contributed by atoms with Crippen molar-refractivity contribution in [2.75, 3.05) is 6.61 Å². The van der Waals surface area contributed by atoms with Gasteiger partial charge in [-0.2, -0.15) is 0 Å². The summed E-state index contributed by atoms with van der Waals surface area (Å²) in [7, 11) is 0. The minimum absolute atomic E-state index is 0.0615. The number of hydrogen-bond acceptors (Lipinski definition) is 5. The molecule has 1 atom stereocenters. The van der Waals surface area contributed by atoms with Crippen LogP contribution in [0.2, 0.25) is 0 Å². The van der Waals surface area contributed by atoms with Crippen LogP contribution in [0, 0.1) is 10.1 Å². The van der Waals surface area contributed by atoms with Crippen LogP contribution >= 0.6 is 18.2 Å². The molecule has 0 heterocycles. The van der Waals surface area contributed by atoms with E-state index in [1.54, 1.807) is 6.92 Å². The van der Waals surface area contributed by atoms with E-state index in [4.69, 9.17) is 0 Å². The van der Waals surface area contributed by atoms with E-state index in [0.717, 1.165) is 0 Å². The first-order valence-electron chi connectivity index (χ1n) is 4.36. The summed E-state index contributed by atoms with van der Waals surface area (Å²) in [6.07, 6.45) is 0. The van der Waals surface area contributed by atoms with Crippen LogP contribution in [-0.2, 0) is 9.09 Å². The predicted octanol–water partition coefficient (Wildman–Crippen LogP) is 2.82. The molecule has 8 heteroatoms. The fraction of sp³-hybridized carbons (Fsp3) is 0.250. The molecule has 0 aromatic heterocycles. The SMILES string of the molecule is CCOP(=O)(O)Sc1ccc([N+](=O)[O-])cc1. The van der Waals surface area contributed by atoms with E-state index < -0.39 is 11.7 Å². The van der Waals surface area contributed by atoms with Crippen LogP contribution in [0.5, 0.6) is 0 Å². The van der Waals surface area contributed by atoms with Gasteiger partial charge in [0.2, 0.25) is 0 Å². The number of hydrogen-bond donors (Lipinski definition) is 1. The number of non-ortho nitro benzene ring substituents is 1. The Balaban J connectivity index is 2.76. The first-order chi connectivity index (χ1) is 7.44. The van der Waals surface area contributed by atoms with E-state index in [1.807, 2.05) is 0 Å². The molecule has 0 amide bonds. The first-order valence-corrected chi connectivity index (χ1v) is 7.36. The molecule has 1 rings (SSSR count). The van der Waals surface area contributed by atoms with E-state index >= 15 is 0 Å². The summed E-state index contributed by atoms with van der Waals surface area (Å²) < 4.78 is 16.0. The Bertz CT molecular complexity index is 421. The van der Waals surface area contributed by atoms with E-state index in [0.29, 0.717) is 16.3 Å². The molecule has 0 aliphatic heterocycles. The zero-order valence-electron chi connectivity index (χ0n) is 8.40. The van der Waals surface area contributed by atoms with Crippen LogP contribution in [-0.4, -0.2) is 16.4 Å². The van der Waals surface area contributed by atoms with Gasteiger partial charge >= 0.3 is 6.80 Å². The topological polar surface area (TPSA) is 89.7 Å². The summed E-state index contributed by atoms with van der Waals surface area (Å²) in [5.41, 5.74) is -0.0615. The number of nitro groups is 1. The molecule has 1 unspecified atom stereocenters. The van der Waals surface area contributed by atoms with Crippen LogP contribution < -0.4 is 0 Å². The second-order valence-electron chi connectivity index (χ2n) is 2.73. The van der Waals surface area contributed by atoms with Gasteiger partial charge in [0, 0.05) is 17.0 Å². The maximum absolute atomic E-state index is 11.4. The van der Waals surface area contributed by atoms with Crippen molar-refractivity contribution in [3.05, 3.63) is 34.4 Å². The van der Waals surface area contributed by atoms with Crippen molar-refractivity contribution >= 4 is 23.9 Å². The molecular weight excluding hydrogens is 253 g/mol. The second-order valence-corrected chi connectivity index (χ2v) is 6.51. The predicted molar refractivity (Wildman–Crippen MR) is 60.4 cm³/mol. The number of nitrogens with zero attached hydrogens (tertiary/aromatic N) is 1. The number of nitro benzene ring substituents is 1. The third-order valence-corrected chi connectivity index (χ3v) is 4.50. The van der Waals surface area contributed by atoms with Gasteiger partial charge in [-0.3, -0.25) is 10.1 Å². The van der Waals surface area contributed by atoms with Crippen molar-refractivity contribution in [1.29, 1.82) is 0 Å². The molecule has 0 spiro atoms. The molecule has 6 nitrogen and oxygen atoms in total. The van der Waals surface area contributed by atoms with Crippen molar-refractivity contribution in [2.45, 2.75) is 11.8 Å². The quantitative estimate of drug-likeness (QED) is 0.499. The Hall–Kier alpha value is -0.880. The van der Waals surface area contributed by atoms with Gasteiger partial charge < -0.3 is 9.42 Å². The maximum atomic E-state index is 11.4. The lowest BCUT2D eigenvalue weighted by Gasteiger charge is -2.08. The third kappa shape index (κ3) is 3.94. The van der Waals surface area contributed by atoms with Crippen LogP contribution in [0.25, 0.3) is 0 Å². The lowest BCUT2D eigenvalue weighted by Crippen LogP contribution is -1.87. The highest BCUT2D eigenvalue weighted by Gasteiger charge is 2.20. The Morgan fingerprint density at radius 1 is 1.50 bits per heavy atom. The average Bonchev–Trinajstić information content (AvgIpc) is 2.17. The molecule has 0 aliphatic carbocycles. The lowest BCUT2D eigenvalue weighted by molar-refractivity contribution is -0.384. The standard InChI is InChI=1S/C8H10NO5PS/c1-2-14-15(12,13)16-8-5-3-7(4-6-8)9(10)11/h3-6H,2H2,1H3,(H,12,13). The molecule has 0 radical (unpaired) electrons. The largest absolute Gasteiger partial charge is 0.391 e. The van der Waals surface area contributed by atoms with Crippen molar-refractivity contribution in [2.24, 2.45) is 0 Å². The van der Waals surface area contributed by atoms with E-state index in [-0.39, 0.29) is 12.3 Å². The first kappa shape index (κ1) is 13.2. The van der Waals surface area contributed by atoms with Gasteiger partial charge in [0.15, 0.2) is 0 Å². The summed E-state index contributed by atoms with van der Waals surface area (Å²) >= 11 is 0.657. The molecule has 0 bridgehead atoms. The number of rotatable bonds is 5. The Kier molecular flexibility index (Phi) is 4.49. The van der Waals surface area contributed by atoms with Crippen molar-refractivity contribution in [1.82, 2.24) is 0 Å². The smallest absolute Gasteiger partial charge is 0.316 e. The van der Waals surface area contributed by atoms with Gasteiger partial charge in [0.1, 0.15) is 0 Å². The molecule has 0 fully saturated rings. The van der Waals surface area contributed by atoms with Crippen LogP contribution in [0.4, 0.5) is 5.69 Å². The summed E-state index contributed by atoms with van der Waals surface area (Å²) in [5, 5.41) is 10.4. The molecule has 0 saturated heterocycles. The van der Waals surface area contributed by atoms with Crippen molar-refractivity contribution in [3.8, 4) is 0 Å². The zero-order valence-corrected chi connectivity index (χ0v) is 10.1. The minimum atomic E-state index is -3.71. The molecule has 1 N–H and O–H groups in total. The van der Waals surface area contributed by atoms with Gasteiger partial charge in [-0.1, -0.05) is 0 Å². The van der Waals surface area contributed by atoms with Crippen molar-refractivity contribution < 1.29 is 18.9 Å². The molecule has 1 aromatic rings. The Labute approximate surface area is 96.1 Å². The molecule has 0 saturated carbocycles. The van der Waals surface area contributed by atoms with Crippen LogP contribution in [0.1, 0.15) is 6.92 Å². The van der Waals surface area contributed by atoms with Gasteiger partial charge in [-0.15, -0.1) is 0 Å². The van der Waals surface area contributed by atoms with Gasteiger partial charge in [-0.25, -0.2) is 4.57 Å². The monoisotopic (exact) mass is 263 g/mol. The molecule has 1 aromatic carbocycles. The van der Waals surface area contributed by atoms with E-state index in [1.165, 1.54) is 24.3 Å². The van der Waals surface area contributed by atoms with Crippen molar-refractivity contribution in [3.63, 3.8) is 0 Å². The van der Waals surface area contributed by atoms with Gasteiger partial charge in [-0.05, 0) is 30.4 Å². The minimum Gasteiger partial charge on any atom is -0.316 e. The Morgan fingerprint density at radius 2 is 2.06 bits per heavy atom. The van der Waals surface area contributed by atoms with E-state index in [2.05, 4.69) is 4.52 Å². The summed E-state index contributed by atoms with van der Waals surface area (Å²) in [4.78, 5) is 19.6. The normalized spacial score (nSPS) is 14.4. The fourth-order valence-electron chi connectivity index (χ4n) is 0.951. The summed E-state index contributed by atoms with van der Waals surface area (Å²) in [5.74, 6) is 0. The maximum Gasteiger partial charge on any atom is 0.391 e. The molecular formula is C8H10NO5PS.